The molecule has 0 heterocycles. The molecule has 0 aromatic heterocycles. The molecule has 2 heteroatoms. The monoisotopic (exact) mass is 257 g/mol. The first-order chi connectivity index (χ1) is 9.08. The summed E-state index contributed by atoms with van der Waals surface area (Å²) in [7, 11) is 0. The summed E-state index contributed by atoms with van der Waals surface area (Å²) in [6.07, 6.45) is 1.81. The van der Waals surface area contributed by atoms with Crippen LogP contribution in [-0.4, -0.2) is 0 Å². The van der Waals surface area contributed by atoms with Gasteiger partial charge in [-0.25, -0.2) is 4.39 Å². The summed E-state index contributed by atoms with van der Waals surface area (Å²) in [5.41, 5.74) is 9.11. The Morgan fingerprint density at radius 1 is 1.11 bits per heavy atom. The van der Waals surface area contributed by atoms with Crippen molar-refractivity contribution in [1.82, 2.24) is 0 Å². The molecule has 100 valence electrons. The maximum atomic E-state index is 13.3. The van der Waals surface area contributed by atoms with E-state index in [4.69, 9.17) is 5.73 Å². The highest BCUT2D eigenvalue weighted by atomic mass is 19.1. The molecule has 0 spiro atoms. The SMILES string of the molecule is CCCC(N)(c1ccccc1)c1ccc(F)cc1C. The van der Waals surface area contributed by atoms with Gasteiger partial charge < -0.3 is 5.73 Å². The quantitative estimate of drug-likeness (QED) is 0.875. The van der Waals surface area contributed by atoms with Crippen LogP contribution in [0.25, 0.3) is 0 Å². The van der Waals surface area contributed by atoms with E-state index in [-0.39, 0.29) is 5.82 Å². The molecule has 1 atom stereocenters. The van der Waals surface area contributed by atoms with Crippen molar-refractivity contribution in [2.75, 3.05) is 0 Å². The first-order valence-electron chi connectivity index (χ1n) is 6.69. The molecule has 0 aliphatic rings. The highest BCUT2D eigenvalue weighted by molar-refractivity contribution is 5.42. The number of hydrogen-bond donors (Lipinski definition) is 1. The highest BCUT2D eigenvalue weighted by Gasteiger charge is 2.29. The van der Waals surface area contributed by atoms with Gasteiger partial charge in [0, 0.05) is 0 Å². The molecule has 19 heavy (non-hydrogen) atoms. The molecule has 2 aromatic rings. The minimum atomic E-state index is -0.548. The van der Waals surface area contributed by atoms with Gasteiger partial charge in [0.05, 0.1) is 5.54 Å². The third-order valence-corrected chi connectivity index (χ3v) is 3.60. The van der Waals surface area contributed by atoms with Crippen molar-refractivity contribution in [3.63, 3.8) is 0 Å². The number of nitrogens with two attached hydrogens (primary N) is 1. The molecule has 0 saturated carbocycles. The first-order valence-corrected chi connectivity index (χ1v) is 6.69. The van der Waals surface area contributed by atoms with Gasteiger partial charge in [0.15, 0.2) is 0 Å². The Hall–Kier alpha value is -1.67. The van der Waals surface area contributed by atoms with E-state index >= 15 is 0 Å². The maximum absolute atomic E-state index is 13.3. The van der Waals surface area contributed by atoms with Gasteiger partial charge in [-0.2, -0.15) is 0 Å². The minimum absolute atomic E-state index is 0.215. The molecule has 0 saturated heterocycles. The Morgan fingerprint density at radius 3 is 2.37 bits per heavy atom. The molecular formula is C17H20FN. The lowest BCUT2D eigenvalue weighted by Gasteiger charge is -2.32. The largest absolute Gasteiger partial charge is 0.318 e. The number of rotatable bonds is 4. The van der Waals surface area contributed by atoms with Gasteiger partial charge in [-0.3, -0.25) is 0 Å². The van der Waals surface area contributed by atoms with Crippen LogP contribution in [0.1, 0.15) is 36.5 Å². The Kier molecular flexibility index (Phi) is 4.01. The average Bonchev–Trinajstić information content (AvgIpc) is 2.39. The van der Waals surface area contributed by atoms with E-state index in [1.54, 1.807) is 6.07 Å². The predicted molar refractivity (Wildman–Crippen MR) is 77.5 cm³/mol. The van der Waals surface area contributed by atoms with Crippen molar-refractivity contribution in [2.45, 2.75) is 32.2 Å². The Bertz CT molecular complexity index is 550. The molecule has 2 N–H and O–H groups in total. The van der Waals surface area contributed by atoms with E-state index in [1.165, 1.54) is 6.07 Å². The lowest BCUT2D eigenvalue weighted by molar-refractivity contribution is 0.481. The second-order valence-corrected chi connectivity index (χ2v) is 5.05. The maximum Gasteiger partial charge on any atom is 0.123 e. The Morgan fingerprint density at radius 2 is 1.79 bits per heavy atom. The van der Waals surface area contributed by atoms with E-state index in [0.29, 0.717) is 0 Å². The van der Waals surface area contributed by atoms with E-state index in [0.717, 1.165) is 29.5 Å². The van der Waals surface area contributed by atoms with Crippen LogP contribution in [0, 0.1) is 12.7 Å². The zero-order valence-electron chi connectivity index (χ0n) is 11.5. The first kappa shape index (κ1) is 13.8. The van der Waals surface area contributed by atoms with Crippen molar-refractivity contribution >= 4 is 0 Å². The van der Waals surface area contributed by atoms with Crippen LogP contribution in [0.5, 0.6) is 0 Å². The fourth-order valence-corrected chi connectivity index (χ4v) is 2.69. The lowest BCUT2D eigenvalue weighted by atomic mass is 9.78. The molecule has 0 radical (unpaired) electrons. The number of aryl methyl sites for hydroxylation is 1. The van der Waals surface area contributed by atoms with Gasteiger partial charge in [-0.05, 0) is 42.2 Å². The summed E-state index contributed by atoms with van der Waals surface area (Å²) in [6, 6.07) is 14.9. The van der Waals surface area contributed by atoms with Crippen LogP contribution >= 0.6 is 0 Å². The summed E-state index contributed by atoms with van der Waals surface area (Å²) in [4.78, 5) is 0. The molecule has 1 nitrogen and oxygen atoms in total. The summed E-state index contributed by atoms with van der Waals surface area (Å²) in [5.74, 6) is -0.215. The summed E-state index contributed by atoms with van der Waals surface area (Å²) in [6.45, 7) is 4.03. The zero-order valence-corrected chi connectivity index (χ0v) is 11.5. The lowest BCUT2D eigenvalue weighted by Crippen LogP contribution is -2.38. The molecule has 0 aliphatic heterocycles. The Balaban J connectivity index is 2.56. The molecule has 0 amide bonds. The Labute approximate surface area is 114 Å². The standard InChI is InChI=1S/C17H20FN/c1-3-11-17(19,14-7-5-4-6-8-14)16-10-9-15(18)12-13(16)2/h4-10,12H,3,11,19H2,1-2H3. The fourth-order valence-electron chi connectivity index (χ4n) is 2.69. The van der Waals surface area contributed by atoms with Crippen LogP contribution in [-0.2, 0) is 5.54 Å². The van der Waals surface area contributed by atoms with Gasteiger partial charge in [-0.1, -0.05) is 49.7 Å². The van der Waals surface area contributed by atoms with Crippen LogP contribution < -0.4 is 5.73 Å². The van der Waals surface area contributed by atoms with E-state index in [9.17, 15) is 4.39 Å². The van der Waals surface area contributed by atoms with Crippen molar-refractivity contribution < 1.29 is 4.39 Å². The third kappa shape index (κ3) is 2.69. The van der Waals surface area contributed by atoms with Crippen LogP contribution in [0.3, 0.4) is 0 Å². The number of halogens is 1. The highest BCUT2D eigenvalue weighted by Crippen LogP contribution is 2.33. The van der Waals surface area contributed by atoms with E-state index < -0.39 is 5.54 Å². The smallest absolute Gasteiger partial charge is 0.123 e. The fraction of sp³-hybridized carbons (Fsp3) is 0.294. The van der Waals surface area contributed by atoms with Gasteiger partial charge in [0.2, 0.25) is 0 Å². The molecule has 2 rings (SSSR count). The van der Waals surface area contributed by atoms with Crippen LogP contribution in [0.15, 0.2) is 48.5 Å². The third-order valence-electron chi connectivity index (χ3n) is 3.60. The summed E-state index contributed by atoms with van der Waals surface area (Å²) < 4.78 is 13.3. The minimum Gasteiger partial charge on any atom is -0.318 e. The van der Waals surface area contributed by atoms with E-state index in [2.05, 4.69) is 6.92 Å². The summed E-state index contributed by atoms with van der Waals surface area (Å²) in [5, 5.41) is 0. The van der Waals surface area contributed by atoms with Crippen molar-refractivity contribution in [1.29, 1.82) is 0 Å². The molecular weight excluding hydrogens is 237 g/mol. The summed E-state index contributed by atoms with van der Waals surface area (Å²) >= 11 is 0. The molecule has 0 fully saturated rings. The van der Waals surface area contributed by atoms with Gasteiger partial charge in [0.1, 0.15) is 5.82 Å². The topological polar surface area (TPSA) is 26.0 Å². The van der Waals surface area contributed by atoms with Gasteiger partial charge >= 0.3 is 0 Å². The molecule has 0 bridgehead atoms. The number of benzene rings is 2. The normalized spacial score (nSPS) is 14.1. The average molecular weight is 257 g/mol. The number of hydrogen-bond acceptors (Lipinski definition) is 1. The second kappa shape index (κ2) is 5.54. The van der Waals surface area contributed by atoms with Crippen LogP contribution in [0.4, 0.5) is 4.39 Å². The van der Waals surface area contributed by atoms with Crippen molar-refractivity contribution in [3.8, 4) is 0 Å². The van der Waals surface area contributed by atoms with Gasteiger partial charge in [-0.15, -0.1) is 0 Å². The van der Waals surface area contributed by atoms with Crippen LogP contribution in [0.2, 0.25) is 0 Å². The van der Waals surface area contributed by atoms with Crippen molar-refractivity contribution in [2.24, 2.45) is 5.73 Å². The molecule has 1 unspecified atom stereocenters. The second-order valence-electron chi connectivity index (χ2n) is 5.05. The van der Waals surface area contributed by atoms with Gasteiger partial charge in [0.25, 0.3) is 0 Å². The predicted octanol–water partition coefficient (Wildman–Crippen LogP) is 4.14. The molecule has 2 aromatic carbocycles. The van der Waals surface area contributed by atoms with E-state index in [1.807, 2.05) is 43.3 Å². The van der Waals surface area contributed by atoms with Crippen molar-refractivity contribution in [3.05, 3.63) is 71.0 Å². The zero-order chi connectivity index (χ0) is 13.9. The molecule has 0 aliphatic carbocycles.